The van der Waals surface area contributed by atoms with Crippen LogP contribution in [0.2, 0.25) is 0 Å². The topological polar surface area (TPSA) is 400 Å². The van der Waals surface area contributed by atoms with Gasteiger partial charge in [-0.1, -0.05) is 0 Å². The fraction of sp³-hybridized carbons (Fsp3) is 0.745. The van der Waals surface area contributed by atoms with Gasteiger partial charge >= 0.3 is 71.6 Å². The van der Waals surface area contributed by atoms with Crippen LogP contribution < -0.4 is 0 Å². The minimum Gasteiger partial charge on any atom is -0.463 e. The second-order valence-electron chi connectivity index (χ2n) is 17.8. The highest BCUT2D eigenvalue weighted by Crippen LogP contribution is 2.40. The molecule has 0 aromatic carbocycles. The molecule has 0 unspecified atom stereocenters. The van der Waals surface area contributed by atoms with E-state index in [4.69, 9.17) is 90.0 Å². The Morgan fingerprint density at radius 2 is 0.620 bits per heavy atom. The zero-order chi connectivity index (χ0) is 59.2. The molecule has 4 heterocycles. The summed E-state index contributed by atoms with van der Waals surface area (Å²) in [5, 5.41) is 11.2. The van der Waals surface area contributed by atoms with Gasteiger partial charge in [-0.05, 0) is 0 Å². The molecule has 444 valence electrons. The highest BCUT2D eigenvalue weighted by Gasteiger charge is 2.61. The molecule has 0 bridgehead atoms. The van der Waals surface area contributed by atoms with Crippen molar-refractivity contribution in [3.8, 4) is 0 Å². The summed E-state index contributed by atoms with van der Waals surface area (Å²) in [6, 6.07) is 0. The lowest BCUT2D eigenvalue weighted by Crippen LogP contribution is -2.70. The summed E-state index contributed by atoms with van der Waals surface area (Å²) >= 11 is 0. The van der Waals surface area contributed by atoms with Crippen molar-refractivity contribution in [2.75, 3.05) is 26.4 Å². The van der Waals surface area contributed by atoms with E-state index in [1.807, 2.05) is 0 Å². The van der Waals surface area contributed by atoms with Crippen LogP contribution in [0.3, 0.4) is 0 Å². The lowest BCUT2D eigenvalue weighted by Gasteiger charge is -2.51. The van der Waals surface area contributed by atoms with E-state index < -0.39 is 215 Å². The van der Waals surface area contributed by atoms with E-state index >= 15 is 0 Å². The second kappa shape index (κ2) is 29.5. The molecule has 0 saturated carbocycles. The number of aliphatic hydroxyl groups is 1. The van der Waals surface area contributed by atoms with Crippen molar-refractivity contribution >= 4 is 71.6 Å². The summed E-state index contributed by atoms with van der Waals surface area (Å²) in [6.45, 7) is 8.24. The van der Waals surface area contributed by atoms with Crippen LogP contribution in [0.15, 0.2) is 0 Å². The van der Waals surface area contributed by atoms with E-state index in [-0.39, 0.29) is 0 Å². The van der Waals surface area contributed by atoms with Gasteiger partial charge in [-0.25, -0.2) is 0 Å². The minimum absolute atomic E-state index is 0.690. The molecule has 1 N–H and O–H groups in total. The molecular formula is C47H64O32. The van der Waals surface area contributed by atoms with Crippen molar-refractivity contribution in [1.29, 1.82) is 0 Å². The molecule has 32 nitrogen and oxygen atoms in total. The monoisotopic (exact) mass is 1140 g/mol. The van der Waals surface area contributed by atoms with Gasteiger partial charge in [-0.2, -0.15) is 0 Å². The Labute approximate surface area is 449 Å². The van der Waals surface area contributed by atoms with Crippen molar-refractivity contribution in [2.24, 2.45) is 0 Å². The minimum atomic E-state index is -2.29. The first-order chi connectivity index (χ1) is 36.9. The smallest absolute Gasteiger partial charge is 0.303 e. The van der Waals surface area contributed by atoms with Gasteiger partial charge < -0.3 is 95.1 Å². The van der Waals surface area contributed by atoms with E-state index in [0.717, 1.165) is 83.1 Å². The number of hydrogen-bond acceptors (Lipinski definition) is 32. The van der Waals surface area contributed by atoms with Gasteiger partial charge in [0.15, 0.2) is 80.1 Å². The lowest BCUT2D eigenvalue weighted by molar-refractivity contribution is -0.402. The molecule has 0 amide bonds. The maximum atomic E-state index is 13.2. The molecule has 4 aliphatic rings. The fourth-order valence-electron chi connectivity index (χ4n) is 8.58. The average Bonchev–Trinajstić information content (AvgIpc) is 3.35. The van der Waals surface area contributed by atoms with Crippen LogP contribution in [0.1, 0.15) is 83.1 Å². The molecule has 4 rings (SSSR count). The van der Waals surface area contributed by atoms with Crippen LogP contribution in [-0.2, 0) is 148 Å². The molecule has 0 aromatic heterocycles. The van der Waals surface area contributed by atoms with Crippen molar-refractivity contribution in [2.45, 2.75) is 200 Å². The van der Waals surface area contributed by atoms with Gasteiger partial charge in [0.2, 0.25) is 0 Å². The maximum absolute atomic E-state index is 13.2. The Bertz CT molecular complexity index is 2230. The molecule has 0 radical (unpaired) electrons. The van der Waals surface area contributed by atoms with Crippen LogP contribution in [0.4, 0.5) is 0 Å². The van der Waals surface area contributed by atoms with E-state index in [9.17, 15) is 62.6 Å². The van der Waals surface area contributed by atoms with E-state index in [2.05, 4.69) is 0 Å². The molecule has 0 aliphatic carbocycles. The first-order valence-corrected chi connectivity index (χ1v) is 24.1. The van der Waals surface area contributed by atoms with Gasteiger partial charge in [0.05, 0.1) is 6.61 Å². The van der Waals surface area contributed by atoms with Gasteiger partial charge in [-0.15, -0.1) is 0 Å². The number of hydrogen-bond donors (Lipinski definition) is 1. The second-order valence-corrected chi connectivity index (χ2v) is 17.8. The first kappa shape index (κ1) is 64.8. The lowest BCUT2D eigenvalue weighted by atomic mass is 9.95. The van der Waals surface area contributed by atoms with Crippen LogP contribution in [0.25, 0.3) is 0 Å². The van der Waals surface area contributed by atoms with Crippen LogP contribution in [0, 0.1) is 0 Å². The van der Waals surface area contributed by atoms with Crippen LogP contribution in [-0.4, -0.2) is 220 Å². The third kappa shape index (κ3) is 19.3. The highest BCUT2D eigenvalue weighted by atomic mass is 16.8. The number of ether oxygens (including phenoxy) is 19. The maximum Gasteiger partial charge on any atom is 0.303 e. The molecule has 79 heavy (non-hydrogen) atoms. The van der Waals surface area contributed by atoms with Crippen molar-refractivity contribution < 1.29 is 153 Å². The summed E-state index contributed by atoms with van der Waals surface area (Å²) < 4.78 is 110. The van der Waals surface area contributed by atoms with Crippen LogP contribution >= 0.6 is 0 Å². The van der Waals surface area contributed by atoms with Gasteiger partial charge in [0, 0.05) is 83.1 Å². The summed E-state index contributed by atoms with van der Waals surface area (Å²) in [5.74, 6) is -12.2. The quantitative estimate of drug-likeness (QED) is 0.0936. The number of carbonyl (C=O) groups is 12. The molecular weight excluding hydrogens is 1080 g/mol. The largest absolute Gasteiger partial charge is 0.463 e. The molecule has 0 spiro atoms. The number of rotatable bonds is 21. The Morgan fingerprint density at radius 1 is 0.316 bits per heavy atom. The first-order valence-electron chi connectivity index (χ1n) is 24.1. The average molecular weight is 1140 g/mol. The third-order valence-corrected chi connectivity index (χ3v) is 11.1. The molecule has 32 heteroatoms. The van der Waals surface area contributed by atoms with Gasteiger partial charge in [0.1, 0.15) is 56.4 Å². The van der Waals surface area contributed by atoms with Crippen molar-refractivity contribution in [1.82, 2.24) is 0 Å². The Balaban J connectivity index is 2.13. The summed E-state index contributed by atoms with van der Waals surface area (Å²) in [6.07, 6.45) is -37.2. The van der Waals surface area contributed by atoms with Crippen molar-refractivity contribution in [3.05, 3.63) is 0 Å². The Hall–Kier alpha value is -6.68. The van der Waals surface area contributed by atoms with E-state index in [0.29, 0.717) is 0 Å². The van der Waals surface area contributed by atoms with E-state index in [1.165, 1.54) is 0 Å². The third-order valence-electron chi connectivity index (χ3n) is 11.1. The Kier molecular flexibility index (Phi) is 24.2. The standard InChI is InChI=1S/C47H64O32/c1-17(48)61-13-30-35(37(69-24(8)55)40(44(60)74-30)71-26(10)57)77-47-43(79-46-42(73-28(12)59)38(70-25(9)56)33(66-21(5)52)31(75-46)14-62-18(2)49)39(34(67-22(6)53)32(76-47)15-63-19(3)50)78-45-41(72-27(11)58)36(68-23(7)54)29(16-64-45)65-20(4)51/h29-47,60H,13-16H2,1-12H3/t29-,30-,31-,32-,33-,34-,35+,36+,37+,38+,39+,40-,41-,42-,43-,44+,45+,46+,47+/m1/s1. The summed E-state index contributed by atoms with van der Waals surface area (Å²) in [5.41, 5.74) is 0. The SMILES string of the molecule is CC(=O)OC[C@H]1O[C@H](O)[C@H](OC(C)=O)[C@@H](OC(C)=O)[C@H]1O[C@@H]1O[C@H](COC(C)=O)[C@@H](OC(C)=O)[C@H](O[C@@H]2OC[C@@H](OC(C)=O)[C@H](OC(C)=O)[C@H]2OC(C)=O)[C@H]1O[C@@H]1O[C@H](COC(C)=O)[C@@H](OC(C)=O)[C@H](OC(C)=O)[C@H]1OC(C)=O. The zero-order valence-electron chi connectivity index (χ0n) is 44.9. The molecule has 19 atom stereocenters. The van der Waals surface area contributed by atoms with Gasteiger partial charge in [-0.3, -0.25) is 57.5 Å². The molecule has 4 aliphatic heterocycles. The summed E-state index contributed by atoms with van der Waals surface area (Å²) in [7, 11) is 0. The predicted octanol–water partition coefficient (Wildman–Crippen LogP) is -2.26. The Morgan fingerprint density at radius 3 is 1.04 bits per heavy atom. The normalized spacial score (nSPS) is 33.2. The number of aliphatic hydroxyl groups excluding tert-OH is 1. The molecule has 4 fully saturated rings. The predicted molar refractivity (Wildman–Crippen MR) is 242 cm³/mol. The van der Waals surface area contributed by atoms with Gasteiger partial charge in [0.25, 0.3) is 0 Å². The number of esters is 12. The van der Waals surface area contributed by atoms with Crippen LogP contribution in [0.5, 0.6) is 0 Å². The molecule has 4 saturated heterocycles. The zero-order valence-corrected chi connectivity index (χ0v) is 44.9. The fourth-order valence-corrected chi connectivity index (χ4v) is 8.58. The van der Waals surface area contributed by atoms with Crippen molar-refractivity contribution in [3.63, 3.8) is 0 Å². The molecule has 0 aromatic rings. The number of carbonyl (C=O) groups excluding carboxylic acids is 12. The summed E-state index contributed by atoms with van der Waals surface area (Å²) in [4.78, 5) is 152. The van der Waals surface area contributed by atoms with E-state index in [1.54, 1.807) is 0 Å². The highest BCUT2D eigenvalue weighted by molar-refractivity contribution is 5.71.